The van der Waals surface area contributed by atoms with Crippen molar-refractivity contribution in [1.29, 1.82) is 0 Å². The van der Waals surface area contributed by atoms with Crippen LogP contribution in [0.1, 0.15) is 26.8 Å². The minimum Gasteiger partial charge on any atom is -0.482 e. The van der Waals surface area contributed by atoms with E-state index in [1.54, 1.807) is 48.5 Å². The van der Waals surface area contributed by atoms with Gasteiger partial charge >= 0.3 is 5.97 Å². The number of aliphatic carboxylic acids is 1. The van der Waals surface area contributed by atoms with Gasteiger partial charge in [0, 0.05) is 21.6 Å². The van der Waals surface area contributed by atoms with Crippen LogP contribution in [0.2, 0.25) is 0 Å². The second kappa shape index (κ2) is 9.24. The first-order valence-corrected chi connectivity index (χ1v) is 13.2. The molecule has 0 aliphatic heterocycles. The van der Waals surface area contributed by atoms with E-state index in [0.29, 0.717) is 35.4 Å². The second-order valence-corrected chi connectivity index (χ2v) is 11.4. The van der Waals surface area contributed by atoms with Crippen LogP contribution in [0.5, 0.6) is 5.75 Å². The molecule has 1 aliphatic carbocycles. The fraction of sp³-hybridized carbons (Fsp3) is 0.154. The van der Waals surface area contributed by atoms with E-state index in [1.807, 2.05) is 6.07 Å². The lowest BCUT2D eigenvalue weighted by Crippen LogP contribution is -2.16. The fourth-order valence-electron chi connectivity index (χ4n) is 4.33. The normalized spacial score (nSPS) is 13.5. The molecule has 3 aromatic carbocycles. The number of carbonyl (C=O) groups is 1. The number of hydrogen-bond donors (Lipinski definition) is 1. The van der Waals surface area contributed by atoms with E-state index in [2.05, 4.69) is 4.98 Å². The van der Waals surface area contributed by atoms with Crippen molar-refractivity contribution in [3.8, 4) is 17.0 Å². The summed E-state index contributed by atoms with van der Waals surface area (Å²) in [6.07, 6.45) is 1.11. The van der Waals surface area contributed by atoms with Crippen LogP contribution in [-0.2, 0) is 27.5 Å². The molecule has 0 radical (unpaired) electrons. The average Bonchev–Trinajstić information content (AvgIpc) is 3.31. The first kappa shape index (κ1) is 23.2. The summed E-state index contributed by atoms with van der Waals surface area (Å²) < 4.78 is 48.1. The van der Waals surface area contributed by atoms with Crippen LogP contribution in [0, 0.1) is 5.82 Å². The number of carboxylic acid groups (broad SMARTS) is 1. The highest BCUT2D eigenvalue weighted by Crippen LogP contribution is 2.44. The van der Waals surface area contributed by atoms with Crippen LogP contribution < -0.4 is 4.74 Å². The number of benzene rings is 3. The van der Waals surface area contributed by atoms with Crippen LogP contribution >= 0.6 is 11.3 Å². The third kappa shape index (κ3) is 4.33. The number of thiazole rings is 1. The number of carboxylic acids is 1. The second-order valence-electron chi connectivity index (χ2n) is 8.07. The summed E-state index contributed by atoms with van der Waals surface area (Å²) in [6.45, 7) is -0.471. The van der Waals surface area contributed by atoms with Crippen LogP contribution in [-0.4, -0.2) is 31.1 Å². The van der Waals surface area contributed by atoms with E-state index in [0.717, 1.165) is 21.8 Å². The maximum atomic E-state index is 14.8. The van der Waals surface area contributed by atoms with Gasteiger partial charge in [-0.3, -0.25) is 0 Å². The molecular weight excluding hydrogens is 489 g/mol. The number of aryl methyl sites for hydroxylation is 1. The van der Waals surface area contributed by atoms with Crippen molar-refractivity contribution in [2.45, 2.75) is 22.4 Å². The van der Waals surface area contributed by atoms with Crippen LogP contribution in [0.15, 0.2) is 77.1 Å². The van der Waals surface area contributed by atoms with Gasteiger partial charge in [0.25, 0.3) is 0 Å². The number of nitrogens with zero attached hydrogens (tertiary/aromatic N) is 1. The molecule has 0 saturated heterocycles. The van der Waals surface area contributed by atoms with Gasteiger partial charge in [-0.25, -0.2) is 22.6 Å². The lowest BCUT2D eigenvalue weighted by atomic mass is 9.93. The van der Waals surface area contributed by atoms with Crippen molar-refractivity contribution < 1.29 is 27.4 Å². The molecule has 4 aromatic rings. The predicted molar refractivity (Wildman–Crippen MR) is 130 cm³/mol. The van der Waals surface area contributed by atoms with Gasteiger partial charge in [0.05, 0.1) is 5.69 Å². The number of hydrogen-bond acceptors (Lipinski definition) is 6. The smallest absolute Gasteiger partial charge is 0.341 e. The Morgan fingerprint density at radius 2 is 1.77 bits per heavy atom. The molecule has 5 rings (SSSR count). The van der Waals surface area contributed by atoms with Gasteiger partial charge in [-0.15, -0.1) is 11.3 Å². The predicted octanol–water partition coefficient (Wildman–Crippen LogP) is 5.07. The van der Waals surface area contributed by atoms with Crippen molar-refractivity contribution in [1.82, 2.24) is 4.98 Å². The Labute approximate surface area is 205 Å². The number of sulfone groups is 1. The molecule has 0 amide bonds. The molecule has 9 heteroatoms. The fourth-order valence-corrected chi connectivity index (χ4v) is 7.65. The molecule has 0 spiro atoms. The zero-order valence-corrected chi connectivity index (χ0v) is 20.0. The minimum absolute atomic E-state index is 0.0663. The number of fused-ring (bicyclic) bond motifs is 3. The number of rotatable bonds is 7. The molecule has 1 atom stereocenters. The van der Waals surface area contributed by atoms with Gasteiger partial charge in [0.1, 0.15) is 16.8 Å². The summed E-state index contributed by atoms with van der Waals surface area (Å²) in [5.41, 5.74) is 2.57. The van der Waals surface area contributed by atoms with E-state index in [-0.39, 0.29) is 9.90 Å². The summed E-state index contributed by atoms with van der Waals surface area (Å²) in [5.74, 6) is -1.24. The molecule has 1 N–H and O–H groups in total. The third-order valence-corrected chi connectivity index (χ3v) is 9.44. The molecule has 1 aliphatic rings. The van der Waals surface area contributed by atoms with Crippen LogP contribution in [0.4, 0.5) is 4.39 Å². The Morgan fingerprint density at radius 1 is 1.03 bits per heavy atom. The monoisotopic (exact) mass is 509 g/mol. The Morgan fingerprint density at radius 3 is 2.51 bits per heavy atom. The maximum Gasteiger partial charge on any atom is 0.341 e. The van der Waals surface area contributed by atoms with Crippen molar-refractivity contribution in [2.24, 2.45) is 0 Å². The SMILES string of the molecule is O=C(O)COc1cccc2c1CCc1sc(S(=O)(=O)C(c3ccccc3)c3ccccc3F)nc1-2. The zero-order valence-electron chi connectivity index (χ0n) is 18.3. The van der Waals surface area contributed by atoms with E-state index in [9.17, 15) is 17.6 Å². The molecule has 178 valence electrons. The topological polar surface area (TPSA) is 93.6 Å². The van der Waals surface area contributed by atoms with E-state index < -0.39 is 33.5 Å². The highest BCUT2D eigenvalue weighted by Gasteiger charge is 2.37. The van der Waals surface area contributed by atoms with Crippen molar-refractivity contribution in [3.05, 3.63) is 100 Å². The van der Waals surface area contributed by atoms with Gasteiger partial charge in [0.15, 0.2) is 6.61 Å². The molecule has 0 bridgehead atoms. The van der Waals surface area contributed by atoms with E-state index >= 15 is 0 Å². The molecule has 1 aromatic heterocycles. The molecule has 1 heterocycles. The highest BCUT2D eigenvalue weighted by atomic mass is 32.2. The number of aromatic nitrogens is 1. The Kier molecular flexibility index (Phi) is 6.12. The Balaban J connectivity index is 1.61. The molecule has 0 fully saturated rings. The van der Waals surface area contributed by atoms with Crippen LogP contribution in [0.3, 0.4) is 0 Å². The number of halogens is 1. The zero-order chi connectivity index (χ0) is 24.6. The van der Waals surface area contributed by atoms with Gasteiger partial charge in [-0.2, -0.15) is 0 Å². The lowest BCUT2D eigenvalue weighted by molar-refractivity contribution is -0.139. The molecule has 1 unspecified atom stereocenters. The van der Waals surface area contributed by atoms with Crippen molar-refractivity contribution >= 4 is 27.1 Å². The quantitative estimate of drug-likeness (QED) is 0.374. The first-order valence-electron chi connectivity index (χ1n) is 10.9. The summed E-state index contributed by atoms with van der Waals surface area (Å²) in [6, 6.07) is 19.7. The molecule has 35 heavy (non-hydrogen) atoms. The van der Waals surface area contributed by atoms with Gasteiger partial charge < -0.3 is 9.84 Å². The van der Waals surface area contributed by atoms with Gasteiger partial charge in [0.2, 0.25) is 14.2 Å². The Bertz CT molecular complexity index is 1520. The number of ether oxygens (including phenoxy) is 1. The lowest BCUT2D eigenvalue weighted by Gasteiger charge is -2.18. The van der Waals surface area contributed by atoms with Gasteiger partial charge in [-0.1, -0.05) is 60.7 Å². The van der Waals surface area contributed by atoms with Crippen molar-refractivity contribution in [3.63, 3.8) is 0 Å². The molecular formula is C26H20FNO5S2. The summed E-state index contributed by atoms with van der Waals surface area (Å²) in [4.78, 5) is 16.3. The standard InChI is InChI=1S/C26H20FNO5S2/c27-20-11-5-4-9-19(20)25(16-7-2-1-3-8-16)35(31,32)26-28-24-18-10-6-12-21(33-15-23(29)30)17(18)13-14-22(24)34-26/h1-12,25H,13-15H2,(H,29,30). The van der Waals surface area contributed by atoms with Gasteiger partial charge in [-0.05, 0) is 30.5 Å². The Hall–Kier alpha value is -3.56. The summed E-state index contributed by atoms with van der Waals surface area (Å²) in [5, 5.41) is 7.71. The minimum atomic E-state index is -4.10. The highest BCUT2D eigenvalue weighted by molar-refractivity contribution is 7.93. The summed E-state index contributed by atoms with van der Waals surface area (Å²) in [7, 11) is -4.10. The molecule has 6 nitrogen and oxygen atoms in total. The van der Waals surface area contributed by atoms with E-state index in [4.69, 9.17) is 9.84 Å². The van der Waals surface area contributed by atoms with Crippen molar-refractivity contribution in [2.75, 3.05) is 6.61 Å². The largest absolute Gasteiger partial charge is 0.482 e. The average molecular weight is 510 g/mol. The molecule has 0 saturated carbocycles. The first-order chi connectivity index (χ1) is 16.9. The van der Waals surface area contributed by atoms with E-state index in [1.165, 1.54) is 18.2 Å². The third-order valence-electron chi connectivity index (χ3n) is 5.86. The maximum absolute atomic E-state index is 14.8. The van der Waals surface area contributed by atoms with Crippen LogP contribution in [0.25, 0.3) is 11.3 Å². The summed E-state index contributed by atoms with van der Waals surface area (Å²) >= 11 is 1.10.